The van der Waals surface area contributed by atoms with Crippen LogP contribution in [0, 0.1) is 0 Å². The lowest BCUT2D eigenvalue weighted by Crippen LogP contribution is -2.12. The van der Waals surface area contributed by atoms with Crippen LogP contribution < -0.4 is 9.64 Å². The zero-order valence-electron chi connectivity index (χ0n) is 13.8. The van der Waals surface area contributed by atoms with E-state index in [1.807, 2.05) is 20.2 Å². The van der Waals surface area contributed by atoms with E-state index in [4.69, 9.17) is 4.74 Å². The first-order chi connectivity index (χ1) is 11.2. The fourth-order valence-electron chi connectivity index (χ4n) is 2.87. The molecule has 3 aromatic carbocycles. The van der Waals surface area contributed by atoms with Crippen molar-refractivity contribution in [1.82, 2.24) is 0 Å². The second kappa shape index (κ2) is 6.57. The van der Waals surface area contributed by atoms with Crippen molar-refractivity contribution in [3.8, 4) is 5.75 Å². The summed E-state index contributed by atoms with van der Waals surface area (Å²) < 4.78 is 5.63. The van der Waals surface area contributed by atoms with Gasteiger partial charge in [0.1, 0.15) is 5.75 Å². The van der Waals surface area contributed by atoms with E-state index in [0.29, 0.717) is 0 Å². The number of fused-ring (bicyclic) bond motifs is 1. The minimum absolute atomic E-state index is 0.890. The van der Waals surface area contributed by atoms with Crippen LogP contribution in [0.3, 0.4) is 0 Å². The molecule has 0 saturated carbocycles. The van der Waals surface area contributed by atoms with Gasteiger partial charge in [-0.2, -0.15) is 0 Å². The van der Waals surface area contributed by atoms with E-state index in [1.165, 1.54) is 21.9 Å². The molecule has 116 valence electrons. The Morgan fingerprint density at radius 2 is 1.57 bits per heavy atom. The first-order valence-corrected chi connectivity index (χ1v) is 7.71. The molecule has 0 aromatic heterocycles. The van der Waals surface area contributed by atoms with E-state index in [2.05, 4.69) is 71.6 Å². The Kier molecular flexibility index (Phi) is 4.33. The van der Waals surface area contributed by atoms with Gasteiger partial charge in [0, 0.05) is 19.7 Å². The highest BCUT2D eigenvalue weighted by Crippen LogP contribution is 2.38. The molecule has 0 amide bonds. The molecule has 0 fully saturated rings. The van der Waals surface area contributed by atoms with E-state index in [0.717, 1.165) is 11.4 Å². The zero-order valence-corrected chi connectivity index (χ0v) is 13.8. The maximum Gasteiger partial charge on any atom is 0.143 e. The van der Waals surface area contributed by atoms with Gasteiger partial charge in [0.05, 0.1) is 12.8 Å². The molecule has 0 aliphatic rings. The monoisotopic (exact) mass is 303 g/mol. The van der Waals surface area contributed by atoms with Crippen LogP contribution in [0.4, 0.5) is 5.69 Å². The van der Waals surface area contributed by atoms with Gasteiger partial charge in [0.15, 0.2) is 0 Å². The van der Waals surface area contributed by atoms with E-state index in [1.54, 1.807) is 7.11 Å². The fraction of sp³-hybridized carbons (Fsp3) is 0.143. The minimum atomic E-state index is 0.890. The van der Waals surface area contributed by atoms with Crippen molar-refractivity contribution in [2.45, 2.75) is 0 Å². The van der Waals surface area contributed by atoms with Gasteiger partial charge in [0.25, 0.3) is 0 Å². The van der Waals surface area contributed by atoms with E-state index >= 15 is 0 Å². The maximum absolute atomic E-state index is 5.63. The predicted octanol–water partition coefficient (Wildman–Crippen LogP) is 5.08. The van der Waals surface area contributed by atoms with Crippen LogP contribution in [0.1, 0.15) is 11.1 Å². The van der Waals surface area contributed by atoms with Crippen LogP contribution in [-0.4, -0.2) is 21.2 Å². The van der Waals surface area contributed by atoms with Crippen LogP contribution in [0.2, 0.25) is 0 Å². The minimum Gasteiger partial charge on any atom is -0.495 e. The lowest BCUT2D eigenvalue weighted by molar-refractivity contribution is 0.416. The molecule has 0 atom stereocenters. The molecule has 2 nitrogen and oxygen atoms in total. The number of benzene rings is 3. The fourth-order valence-corrected chi connectivity index (χ4v) is 2.87. The van der Waals surface area contributed by atoms with Gasteiger partial charge in [-0.15, -0.1) is 0 Å². The summed E-state index contributed by atoms with van der Waals surface area (Å²) in [6.07, 6.45) is 4.32. The van der Waals surface area contributed by atoms with Crippen molar-refractivity contribution >= 4 is 28.6 Å². The Labute approximate surface area is 137 Å². The highest BCUT2D eigenvalue weighted by Gasteiger charge is 2.13. The third-order valence-electron chi connectivity index (χ3n) is 3.94. The summed E-state index contributed by atoms with van der Waals surface area (Å²) in [5, 5.41) is 2.41. The second-order valence-corrected chi connectivity index (χ2v) is 5.70. The topological polar surface area (TPSA) is 12.5 Å². The third-order valence-corrected chi connectivity index (χ3v) is 3.94. The average molecular weight is 303 g/mol. The predicted molar refractivity (Wildman–Crippen MR) is 100 cm³/mol. The number of hydrogen-bond acceptors (Lipinski definition) is 2. The highest BCUT2D eigenvalue weighted by molar-refractivity contribution is 6.00. The normalized spacial score (nSPS) is 11.1. The van der Waals surface area contributed by atoms with Crippen molar-refractivity contribution < 1.29 is 4.74 Å². The summed E-state index contributed by atoms with van der Waals surface area (Å²) in [6, 6.07) is 20.9. The Morgan fingerprint density at radius 1 is 0.870 bits per heavy atom. The quantitative estimate of drug-likeness (QED) is 0.623. The van der Waals surface area contributed by atoms with Gasteiger partial charge in [-0.1, -0.05) is 66.7 Å². The molecular weight excluding hydrogens is 282 g/mol. The van der Waals surface area contributed by atoms with Gasteiger partial charge in [0.2, 0.25) is 0 Å². The van der Waals surface area contributed by atoms with Gasteiger partial charge in [-0.25, -0.2) is 0 Å². The van der Waals surface area contributed by atoms with E-state index in [9.17, 15) is 0 Å². The van der Waals surface area contributed by atoms with Gasteiger partial charge < -0.3 is 9.64 Å². The van der Waals surface area contributed by atoms with Crippen LogP contribution in [0.25, 0.3) is 22.9 Å². The molecule has 2 heteroatoms. The SMILES string of the molecule is COc1cc2ccccc2c(C=Cc2ccccc2)c1N(C)C. The molecule has 0 bridgehead atoms. The Hall–Kier alpha value is -2.74. The Morgan fingerprint density at radius 3 is 2.26 bits per heavy atom. The Balaban J connectivity index is 2.23. The maximum atomic E-state index is 5.63. The van der Waals surface area contributed by atoms with Gasteiger partial charge in [-0.05, 0) is 22.4 Å². The summed E-state index contributed by atoms with van der Waals surface area (Å²) in [7, 11) is 5.82. The number of anilines is 1. The summed E-state index contributed by atoms with van der Waals surface area (Å²) >= 11 is 0. The van der Waals surface area contributed by atoms with Gasteiger partial charge >= 0.3 is 0 Å². The summed E-state index contributed by atoms with van der Waals surface area (Å²) in [4.78, 5) is 2.11. The zero-order chi connectivity index (χ0) is 16.2. The molecule has 0 aliphatic carbocycles. The first-order valence-electron chi connectivity index (χ1n) is 7.71. The van der Waals surface area contributed by atoms with E-state index in [-0.39, 0.29) is 0 Å². The second-order valence-electron chi connectivity index (χ2n) is 5.70. The Bertz CT molecular complexity index is 835. The molecule has 0 saturated heterocycles. The van der Waals surface area contributed by atoms with Crippen molar-refractivity contribution in [3.05, 3.63) is 71.8 Å². The van der Waals surface area contributed by atoms with Crippen LogP contribution in [-0.2, 0) is 0 Å². The number of ether oxygens (including phenoxy) is 1. The summed E-state index contributed by atoms with van der Waals surface area (Å²) in [5.74, 6) is 0.890. The van der Waals surface area contributed by atoms with Crippen molar-refractivity contribution in [3.63, 3.8) is 0 Å². The molecule has 23 heavy (non-hydrogen) atoms. The molecule has 0 N–H and O–H groups in total. The molecule has 3 rings (SSSR count). The molecule has 0 radical (unpaired) electrons. The van der Waals surface area contributed by atoms with Crippen LogP contribution in [0.15, 0.2) is 60.7 Å². The average Bonchev–Trinajstić information content (AvgIpc) is 2.59. The van der Waals surface area contributed by atoms with Gasteiger partial charge in [-0.3, -0.25) is 0 Å². The number of methoxy groups -OCH3 is 1. The highest BCUT2D eigenvalue weighted by atomic mass is 16.5. The summed E-state index contributed by atoms with van der Waals surface area (Å²) in [6.45, 7) is 0. The van der Waals surface area contributed by atoms with Crippen molar-refractivity contribution in [1.29, 1.82) is 0 Å². The molecule has 0 heterocycles. The number of nitrogens with zero attached hydrogens (tertiary/aromatic N) is 1. The largest absolute Gasteiger partial charge is 0.495 e. The standard InChI is InChI=1S/C21H21NO/c1-22(2)21-19(14-13-16-9-5-4-6-10-16)18-12-8-7-11-17(18)15-20(21)23-3/h4-15H,1-3H3. The molecule has 0 spiro atoms. The number of rotatable bonds is 4. The van der Waals surface area contributed by atoms with Crippen LogP contribution in [0.5, 0.6) is 5.75 Å². The smallest absolute Gasteiger partial charge is 0.143 e. The lowest BCUT2D eigenvalue weighted by atomic mass is 10.00. The molecule has 0 unspecified atom stereocenters. The number of hydrogen-bond donors (Lipinski definition) is 0. The lowest BCUT2D eigenvalue weighted by Gasteiger charge is -2.21. The van der Waals surface area contributed by atoms with Crippen LogP contribution >= 0.6 is 0 Å². The van der Waals surface area contributed by atoms with E-state index < -0.39 is 0 Å². The van der Waals surface area contributed by atoms with Crippen molar-refractivity contribution in [2.75, 3.05) is 26.1 Å². The molecular formula is C21H21NO. The first kappa shape index (κ1) is 15.2. The third kappa shape index (κ3) is 3.07. The molecule has 0 aliphatic heterocycles. The summed E-state index contributed by atoms with van der Waals surface area (Å²) in [5.41, 5.74) is 3.45. The molecule has 3 aromatic rings. The van der Waals surface area contributed by atoms with Crippen molar-refractivity contribution in [2.24, 2.45) is 0 Å².